The highest BCUT2D eigenvalue weighted by molar-refractivity contribution is 8.00. The molecular formula is C36H32FN3O6S2. The molecule has 2 N–H and O–H groups in total. The van der Waals surface area contributed by atoms with Gasteiger partial charge in [-0.1, -0.05) is 35.6 Å². The summed E-state index contributed by atoms with van der Waals surface area (Å²) in [5.41, 5.74) is 2.96. The average Bonchev–Trinajstić information content (AvgIpc) is 3.81. The Morgan fingerprint density at radius 3 is 2.48 bits per heavy atom. The molecular weight excluding hydrogens is 654 g/mol. The van der Waals surface area contributed by atoms with Crippen molar-refractivity contribution in [2.75, 3.05) is 23.4 Å². The fraction of sp³-hybridized carbons (Fsp3) is 0.333. The van der Waals surface area contributed by atoms with Crippen molar-refractivity contribution in [2.45, 2.75) is 36.5 Å². The predicted molar refractivity (Wildman–Crippen MR) is 180 cm³/mol. The zero-order valence-corrected chi connectivity index (χ0v) is 27.7. The number of fused-ring (bicyclic) bond motifs is 9. The Morgan fingerprint density at radius 2 is 1.73 bits per heavy atom. The molecule has 3 heterocycles. The Morgan fingerprint density at radius 1 is 0.979 bits per heavy atom. The van der Waals surface area contributed by atoms with Gasteiger partial charge in [0.05, 0.1) is 29.2 Å². The number of anilines is 2. The van der Waals surface area contributed by atoms with Crippen molar-refractivity contribution in [3.8, 4) is 11.5 Å². The topological polar surface area (TPSA) is 118 Å². The minimum atomic E-state index is -0.477. The fourth-order valence-electron chi connectivity index (χ4n) is 8.38. The van der Waals surface area contributed by atoms with E-state index >= 15 is 0 Å². The highest BCUT2D eigenvalue weighted by atomic mass is 32.2. The number of para-hydroxylation sites is 1. The van der Waals surface area contributed by atoms with Crippen LogP contribution in [0.3, 0.4) is 0 Å². The standard InChI is InChI=1S/C36H32FN3O6S2/c1-3-45-25-14-18(8-13-24(25)46-16-26(41)38-23-7-5-4-6-17(23)2)27-28-21-15-22(31(28)47-33-32(27)48-36(44)39-33)30-29(21)34(42)40(35(30)43)20-11-9-19(37)10-12-20/h4-14,21-22,27-31H,3,15-16H2,1-2H3,(H,38,41)(H,39,44)/t21?,22?,27-,28?,29?,30?,31?/m1/s1. The number of hydrogen-bond donors (Lipinski definition) is 2. The van der Waals surface area contributed by atoms with Gasteiger partial charge in [-0.05, 0) is 91.6 Å². The number of hydrogen-bond acceptors (Lipinski definition) is 8. The van der Waals surface area contributed by atoms with Crippen molar-refractivity contribution in [3.63, 3.8) is 0 Å². The molecule has 0 radical (unpaired) electrons. The van der Waals surface area contributed by atoms with Crippen LogP contribution in [0.2, 0.25) is 0 Å². The molecule has 4 aromatic rings. The van der Waals surface area contributed by atoms with E-state index in [1.165, 1.54) is 40.5 Å². The number of amides is 3. The minimum Gasteiger partial charge on any atom is -0.490 e. The molecule has 1 saturated heterocycles. The predicted octanol–water partition coefficient (Wildman–Crippen LogP) is 5.98. The first-order valence-corrected chi connectivity index (χ1v) is 17.7. The molecule has 2 bridgehead atoms. The van der Waals surface area contributed by atoms with Gasteiger partial charge in [-0.2, -0.15) is 0 Å². The number of carbonyl (C=O) groups excluding carboxylic acids is 3. The van der Waals surface area contributed by atoms with Gasteiger partial charge in [0.1, 0.15) is 5.82 Å². The molecule has 3 amide bonds. The van der Waals surface area contributed by atoms with Gasteiger partial charge in [0, 0.05) is 21.7 Å². The van der Waals surface area contributed by atoms with Crippen LogP contribution >= 0.6 is 23.1 Å². The zero-order chi connectivity index (χ0) is 33.3. The number of carbonyl (C=O) groups is 3. The Bertz CT molecular complexity index is 2010. The van der Waals surface area contributed by atoms with E-state index in [2.05, 4.69) is 10.3 Å². The van der Waals surface area contributed by atoms with E-state index in [1.54, 1.807) is 17.8 Å². The number of nitrogens with zero attached hydrogens (tertiary/aromatic N) is 1. The van der Waals surface area contributed by atoms with Crippen molar-refractivity contribution in [1.29, 1.82) is 0 Å². The Balaban J connectivity index is 1.10. The molecule has 2 aliphatic carbocycles. The van der Waals surface area contributed by atoms with E-state index in [-0.39, 0.29) is 58.1 Å². The summed E-state index contributed by atoms with van der Waals surface area (Å²) < 4.78 is 25.7. The van der Waals surface area contributed by atoms with Crippen LogP contribution < -0.4 is 24.6 Å². The number of imide groups is 1. The summed E-state index contributed by atoms with van der Waals surface area (Å²) in [5, 5.41) is 3.70. The quantitative estimate of drug-likeness (QED) is 0.219. The van der Waals surface area contributed by atoms with Crippen LogP contribution in [0.1, 0.15) is 35.3 Å². The van der Waals surface area contributed by atoms with Gasteiger partial charge in [-0.15, -0.1) is 11.8 Å². The maximum absolute atomic E-state index is 14.0. The SMILES string of the molecule is CCOc1cc([C@H]2c3sc(=O)[nH]c3SC3C4CC(C5C(=O)N(c6ccc(F)cc6)C(=O)C45)C32)ccc1OCC(=O)Nc1ccccc1C. The maximum Gasteiger partial charge on any atom is 0.305 e. The lowest BCUT2D eigenvalue weighted by atomic mass is 9.68. The molecule has 12 heteroatoms. The first-order valence-electron chi connectivity index (χ1n) is 16.0. The van der Waals surface area contributed by atoms with Crippen LogP contribution in [0.15, 0.2) is 76.6 Å². The second-order valence-electron chi connectivity index (χ2n) is 12.7. The number of nitrogens with one attached hydrogen (secondary N) is 2. The summed E-state index contributed by atoms with van der Waals surface area (Å²) >= 11 is 2.79. The normalized spacial score (nSPS) is 26.6. The number of thioether (sulfide) groups is 1. The molecule has 7 atom stereocenters. The van der Waals surface area contributed by atoms with Crippen molar-refractivity contribution in [1.82, 2.24) is 4.98 Å². The Kier molecular flexibility index (Phi) is 7.67. The maximum atomic E-state index is 14.0. The largest absolute Gasteiger partial charge is 0.490 e. The summed E-state index contributed by atoms with van der Waals surface area (Å²) in [7, 11) is 0. The number of benzene rings is 3. The van der Waals surface area contributed by atoms with Crippen LogP contribution in [0.5, 0.6) is 11.5 Å². The number of thiazole rings is 1. The lowest BCUT2D eigenvalue weighted by Crippen LogP contribution is -2.42. The van der Waals surface area contributed by atoms with Crippen LogP contribution in [0.25, 0.3) is 0 Å². The Hall–Kier alpha value is -4.42. The number of rotatable bonds is 8. The van der Waals surface area contributed by atoms with E-state index in [0.29, 0.717) is 29.5 Å². The lowest BCUT2D eigenvalue weighted by Gasteiger charge is -2.43. The third-order valence-electron chi connectivity index (χ3n) is 10.2. The monoisotopic (exact) mass is 685 g/mol. The second-order valence-corrected chi connectivity index (χ2v) is 14.9. The number of aryl methyl sites for hydroxylation is 1. The van der Waals surface area contributed by atoms with Gasteiger partial charge in [0.2, 0.25) is 11.8 Å². The molecule has 8 rings (SSSR count). The number of ether oxygens (including phenoxy) is 2. The van der Waals surface area contributed by atoms with Crippen molar-refractivity contribution in [2.24, 2.45) is 29.6 Å². The molecule has 1 aromatic heterocycles. The number of aromatic nitrogens is 1. The summed E-state index contributed by atoms with van der Waals surface area (Å²) in [6.45, 7) is 3.95. The van der Waals surface area contributed by atoms with Crippen molar-refractivity contribution < 1.29 is 28.2 Å². The van der Waals surface area contributed by atoms with Crippen LogP contribution in [0, 0.1) is 42.3 Å². The Labute approximate surface area is 283 Å². The van der Waals surface area contributed by atoms with Crippen LogP contribution in [0.4, 0.5) is 15.8 Å². The van der Waals surface area contributed by atoms with Gasteiger partial charge in [-0.25, -0.2) is 4.39 Å². The van der Waals surface area contributed by atoms with Crippen LogP contribution in [-0.4, -0.2) is 41.2 Å². The summed E-state index contributed by atoms with van der Waals surface area (Å²) in [5.74, 6) is -1.57. The van der Waals surface area contributed by atoms with E-state index in [1.807, 2.05) is 50.2 Å². The molecule has 9 nitrogen and oxygen atoms in total. The number of aromatic amines is 1. The molecule has 2 saturated carbocycles. The third-order valence-corrected chi connectivity index (χ3v) is 12.8. The van der Waals surface area contributed by atoms with E-state index in [9.17, 15) is 23.6 Å². The van der Waals surface area contributed by atoms with Gasteiger partial charge < -0.3 is 19.8 Å². The lowest BCUT2D eigenvalue weighted by molar-refractivity contribution is -0.123. The van der Waals surface area contributed by atoms with E-state index in [0.717, 1.165) is 27.5 Å². The van der Waals surface area contributed by atoms with Gasteiger partial charge in [-0.3, -0.25) is 24.1 Å². The first-order chi connectivity index (χ1) is 23.2. The van der Waals surface area contributed by atoms with E-state index in [4.69, 9.17) is 9.47 Å². The third kappa shape index (κ3) is 4.95. The summed E-state index contributed by atoms with van der Waals surface area (Å²) in [4.78, 5) is 58.3. The van der Waals surface area contributed by atoms with Gasteiger partial charge in [0.15, 0.2) is 18.1 Å². The smallest absolute Gasteiger partial charge is 0.305 e. The van der Waals surface area contributed by atoms with Crippen LogP contribution in [-0.2, 0) is 14.4 Å². The minimum absolute atomic E-state index is 0.00810. The highest BCUT2D eigenvalue weighted by Gasteiger charge is 2.69. The molecule has 3 fully saturated rings. The number of halogens is 1. The fourth-order valence-corrected chi connectivity index (χ4v) is 11.3. The molecule has 2 aliphatic heterocycles. The molecule has 3 aromatic carbocycles. The first kappa shape index (κ1) is 30.9. The number of H-pyrrole nitrogens is 1. The van der Waals surface area contributed by atoms with Crippen molar-refractivity contribution in [3.05, 3.63) is 98.2 Å². The average molecular weight is 686 g/mol. The highest BCUT2D eigenvalue weighted by Crippen LogP contribution is 2.68. The second kappa shape index (κ2) is 11.9. The summed E-state index contributed by atoms with van der Waals surface area (Å²) in [6, 6.07) is 18.6. The van der Waals surface area contributed by atoms with Gasteiger partial charge >= 0.3 is 4.87 Å². The molecule has 6 unspecified atom stereocenters. The molecule has 0 spiro atoms. The molecule has 4 aliphatic rings. The summed E-state index contributed by atoms with van der Waals surface area (Å²) in [6.07, 6.45) is 0.748. The van der Waals surface area contributed by atoms with Crippen molar-refractivity contribution >= 4 is 52.2 Å². The molecule has 246 valence electrons. The molecule has 48 heavy (non-hydrogen) atoms. The zero-order valence-electron chi connectivity index (χ0n) is 26.1. The van der Waals surface area contributed by atoms with Gasteiger partial charge in [0.25, 0.3) is 5.91 Å². The van der Waals surface area contributed by atoms with E-state index < -0.39 is 17.7 Å².